The molecule has 3 aromatic rings. The zero-order valence-corrected chi connectivity index (χ0v) is 19.7. The standard InChI is InChI=1S/C27H28N4O4/c1-3-17-13-22(16-32)31(30-25(17)20-10-11-24(35-2)23(33)14-20)27(28)19-8-6-18(7-9-19)26(34)21-5-4-12-29-15-21/h4-12,14-17,22,27,33H,3,13,28H2,1-2H3. The molecule has 0 fully saturated rings. The van der Waals surface area contributed by atoms with Gasteiger partial charge in [-0.1, -0.05) is 31.2 Å². The summed E-state index contributed by atoms with van der Waals surface area (Å²) in [5, 5.41) is 16.7. The summed E-state index contributed by atoms with van der Waals surface area (Å²) < 4.78 is 5.15. The zero-order valence-electron chi connectivity index (χ0n) is 19.7. The molecule has 2 aromatic carbocycles. The number of pyridine rings is 1. The zero-order chi connectivity index (χ0) is 24.9. The number of hydrogen-bond acceptors (Lipinski definition) is 8. The summed E-state index contributed by atoms with van der Waals surface area (Å²) in [6.07, 6.45) is 4.65. The van der Waals surface area contributed by atoms with Crippen molar-refractivity contribution in [3.05, 3.63) is 89.2 Å². The Morgan fingerprint density at radius 2 is 2.00 bits per heavy atom. The number of rotatable bonds is 8. The minimum atomic E-state index is -0.701. The van der Waals surface area contributed by atoms with Gasteiger partial charge in [0, 0.05) is 35.0 Å². The molecular weight excluding hydrogens is 444 g/mol. The highest BCUT2D eigenvalue weighted by Crippen LogP contribution is 2.33. The Kier molecular flexibility index (Phi) is 7.22. The maximum absolute atomic E-state index is 12.7. The van der Waals surface area contributed by atoms with Crippen molar-refractivity contribution in [1.29, 1.82) is 0 Å². The first-order chi connectivity index (χ1) is 17.0. The van der Waals surface area contributed by atoms with Gasteiger partial charge in [0.15, 0.2) is 17.3 Å². The van der Waals surface area contributed by atoms with Gasteiger partial charge in [-0.25, -0.2) is 0 Å². The van der Waals surface area contributed by atoms with Crippen molar-refractivity contribution in [3.8, 4) is 11.5 Å². The third kappa shape index (κ3) is 4.93. The molecule has 3 N–H and O–H groups in total. The SMILES string of the molecule is CCC1CC(C=O)N(C(N)c2ccc(C(=O)c3cccnc3)cc2)N=C1c1ccc(OC)c(O)c1. The van der Waals surface area contributed by atoms with E-state index in [-0.39, 0.29) is 17.5 Å². The van der Waals surface area contributed by atoms with Crippen LogP contribution in [0.5, 0.6) is 11.5 Å². The number of aromatic hydroxyl groups is 1. The Bertz CT molecular complexity index is 1230. The third-order valence-electron chi connectivity index (χ3n) is 6.32. The minimum Gasteiger partial charge on any atom is -0.504 e. The molecule has 8 heteroatoms. The van der Waals surface area contributed by atoms with Crippen LogP contribution in [0.3, 0.4) is 0 Å². The molecule has 0 aliphatic carbocycles. The van der Waals surface area contributed by atoms with E-state index in [1.54, 1.807) is 59.7 Å². The minimum absolute atomic E-state index is 0.0183. The number of benzene rings is 2. The molecule has 0 bridgehead atoms. The maximum atomic E-state index is 12.7. The van der Waals surface area contributed by atoms with Crippen LogP contribution in [0.25, 0.3) is 0 Å². The van der Waals surface area contributed by atoms with Gasteiger partial charge in [-0.3, -0.25) is 14.8 Å². The number of phenolic OH excluding ortho intramolecular Hbond substituents is 1. The molecule has 3 unspecified atom stereocenters. The van der Waals surface area contributed by atoms with Crippen molar-refractivity contribution < 1.29 is 19.4 Å². The number of ether oxygens (including phenoxy) is 1. The summed E-state index contributed by atoms with van der Waals surface area (Å²) in [5.74, 6) is 0.288. The molecular formula is C27H28N4O4. The van der Waals surface area contributed by atoms with Crippen molar-refractivity contribution in [2.45, 2.75) is 32.0 Å². The number of nitrogens with zero attached hydrogens (tertiary/aromatic N) is 3. The van der Waals surface area contributed by atoms with Crippen LogP contribution >= 0.6 is 0 Å². The number of aromatic nitrogens is 1. The van der Waals surface area contributed by atoms with Gasteiger partial charge in [-0.15, -0.1) is 0 Å². The van der Waals surface area contributed by atoms with Gasteiger partial charge in [0.25, 0.3) is 0 Å². The molecule has 0 saturated carbocycles. The third-order valence-corrected chi connectivity index (χ3v) is 6.32. The van der Waals surface area contributed by atoms with E-state index in [9.17, 15) is 14.7 Å². The molecule has 3 atom stereocenters. The van der Waals surface area contributed by atoms with E-state index in [1.165, 1.54) is 13.3 Å². The second kappa shape index (κ2) is 10.5. The summed E-state index contributed by atoms with van der Waals surface area (Å²) >= 11 is 0. The summed E-state index contributed by atoms with van der Waals surface area (Å²) in [5.41, 5.74) is 9.81. The van der Waals surface area contributed by atoms with E-state index < -0.39 is 12.2 Å². The fraction of sp³-hybridized carbons (Fsp3) is 0.259. The number of methoxy groups -OCH3 is 1. The van der Waals surface area contributed by atoms with Crippen LogP contribution in [0, 0.1) is 5.92 Å². The van der Waals surface area contributed by atoms with Crippen LogP contribution in [0.4, 0.5) is 0 Å². The molecule has 0 amide bonds. The fourth-order valence-electron chi connectivity index (χ4n) is 4.33. The van der Waals surface area contributed by atoms with Crippen LogP contribution < -0.4 is 10.5 Å². The molecule has 0 spiro atoms. The van der Waals surface area contributed by atoms with Crippen LogP contribution in [0.15, 0.2) is 72.1 Å². The monoisotopic (exact) mass is 472 g/mol. The Balaban J connectivity index is 1.64. The second-order valence-corrected chi connectivity index (χ2v) is 8.43. The maximum Gasteiger partial charge on any atom is 0.194 e. The van der Waals surface area contributed by atoms with Crippen molar-refractivity contribution >= 4 is 17.8 Å². The smallest absolute Gasteiger partial charge is 0.194 e. The number of nitrogens with two attached hydrogens (primary N) is 1. The highest BCUT2D eigenvalue weighted by Gasteiger charge is 2.34. The highest BCUT2D eigenvalue weighted by molar-refractivity contribution is 6.08. The lowest BCUT2D eigenvalue weighted by Gasteiger charge is -2.38. The molecule has 0 saturated heterocycles. The second-order valence-electron chi connectivity index (χ2n) is 8.43. The van der Waals surface area contributed by atoms with Gasteiger partial charge in [-0.2, -0.15) is 5.10 Å². The molecule has 2 heterocycles. The van der Waals surface area contributed by atoms with Gasteiger partial charge < -0.3 is 20.4 Å². The van der Waals surface area contributed by atoms with Crippen LogP contribution in [0.1, 0.15) is 53.0 Å². The van der Waals surface area contributed by atoms with E-state index in [4.69, 9.17) is 15.6 Å². The number of carbonyl (C=O) groups excluding carboxylic acids is 2. The van der Waals surface area contributed by atoms with Crippen LogP contribution in [0.2, 0.25) is 0 Å². The van der Waals surface area contributed by atoms with E-state index in [0.717, 1.165) is 29.5 Å². The molecule has 35 heavy (non-hydrogen) atoms. The number of hydrazone groups is 1. The topological polar surface area (TPSA) is 118 Å². The largest absolute Gasteiger partial charge is 0.504 e. The van der Waals surface area contributed by atoms with Gasteiger partial charge in [-0.05, 0) is 48.7 Å². The lowest BCUT2D eigenvalue weighted by molar-refractivity contribution is -0.114. The van der Waals surface area contributed by atoms with Crippen LogP contribution in [-0.2, 0) is 4.79 Å². The Morgan fingerprint density at radius 1 is 1.23 bits per heavy atom. The quantitative estimate of drug-likeness (QED) is 0.379. The Morgan fingerprint density at radius 3 is 2.60 bits per heavy atom. The van der Waals surface area contributed by atoms with Gasteiger partial charge in [0.2, 0.25) is 0 Å². The first-order valence-corrected chi connectivity index (χ1v) is 11.5. The fourth-order valence-corrected chi connectivity index (χ4v) is 4.33. The molecule has 1 aromatic heterocycles. The van der Waals surface area contributed by atoms with E-state index in [1.807, 2.05) is 13.0 Å². The Hall–Kier alpha value is -4.04. The molecule has 180 valence electrons. The van der Waals surface area contributed by atoms with Crippen LogP contribution in [-0.4, -0.2) is 46.0 Å². The number of ketones is 1. The molecule has 0 radical (unpaired) electrons. The number of carbonyl (C=O) groups is 2. The summed E-state index contributed by atoms with van der Waals surface area (Å²) in [4.78, 5) is 28.7. The predicted octanol–water partition coefficient (Wildman–Crippen LogP) is 3.69. The average Bonchev–Trinajstić information content (AvgIpc) is 2.92. The van der Waals surface area contributed by atoms with Crippen molar-refractivity contribution in [2.75, 3.05) is 7.11 Å². The molecule has 8 nitrogen and oxygen atoms in total. The summed E-state index contributed by atoms with van der Waals surface area (Å²) in [6.45, 7) is 2.04. The Labute approximate surface area is 204 Å². The van der Waals surface area contributed by atoms with Gasteiger partial charge >= 0.3 is 0 Å². The first kappa shape index (κ1) is 24.1. The van der Waals surface area contributed by atoms with Gasteiger partial charge in [0.1, 0.15) is 18.5 Å². The lowest BCUT2D eigenvalue weighted by atomic mass is 9.87. The summed E-state index contributed by atoms with van der Waals surface area (Å²) in [7, 11) is 1.49. The molecule has 1 aliphatic rings. The van der Waals surface area contributed by atoms with Crippen molar-refractivity contribution in [2.24, 2.45) is 16.8 Å². The molecule has 4 rings (SSSR count). The number of phenols is 1. The molecule has 1 aliphatic heterocycles. The average molecular weight is 473 g/mol. The van der Waals surface area contributed by atoms with Gasteiger partial charge in [0.05, 0.1) is 12.8 Å². The lowest BCUT2D eigenvalue weighted by Crippen LogP contribution is -2.46. The normalized spacial score (nSPS) is 18.5. The van der Waals surface area contributed by atoms with Crippen molar-refractivity contribution in [3.63, 3.8) is 0 Å². The number of hydrogen-bond donors (Lipinski definition) is 2. The van der Waals surface area contributed by atoms with Crippen molar-refractivity contribution in [1.82, 2.24) is 9.99 Å². The van der Waals surface area contributed by atoms with E-state index in [2.05, 4.69) is 4.98 Å². The number of aldehydes is 1. The first-order valence-electron chi connectivity index (χ1n) is 11.5. The summed E-state index contributed by atoms with van der Waals surface area (Å²) in [6, 6.07) is 15.1. The highest BCUT2D eigenvalue weighted by atomic mass is 16.5. The van der Waals surface area contributed by atoms with E-state index >= 15 is 0 Å². The predicted molar refractivity (Wildman–Crippen MR) is 132 cm³/mol. The van der Waals surface area contributed by atoms with E-state index in [0.29, 0.717) is 23.3 Å².